The van der Waals surface area contributed by atoms with Gasteiger partial charge in [-0.2, -0.15) is 0 Å². The van der Waals surface area contributed by atoms with Crippen molar-refractivity contribution in [1.29, 1.82) is 0 Å². The molecule has 14 heavy (non-hydrogen) atoms. The molecule has 0 fully saturated rings. The molecule has 1 aromatic rings. The highest BCUT2D eigenvalue weighted by Crippen LogP contribution is 2.21. The maximum absolute atomic E-state index is 9.15. The molecule has 0 aromatic heterocycles. The number of phenols is 1. The number of benzene rings is 1. The quantitative estimate of drug-likeness (QED) is 0.705. The Hall–Kier alpha value is -1.24. The molecule has 0 amide bonds. The molecule has 1 heteroatoms. The van der Waals surface area contributed by atoms with Gasteiger partial charge in [0.2, 0.25) is 0 Å². The highest BCUT2D eigenvalue weighted by molar-refractivity contribution is 5.29. The van der Waals surface area contributed by atoms with Crippen molar-refractivity contribution in [2.24, 2.45) is 0 Å². The second-order valence-electron chi connectivity index (χ2n) is 3.95. The normalized spacial score (nSPS) is 16.4. The lowest BCUT2D eigenvalue weighted by molar-refractivity contribution is 0.475. The smallest absolute Gasteiger partial charge is 0.115 e. The highest BCUT2D eigenvalue weighted by atomic mass is 16.3. The lowest BCUT2D eigenvalue weighted by Crippen LogP contribution is -1.95. The van der Waals surface area contributed by atoms with Crippen molar-refractivity contribution in [1.82, 2.24) is 0 Å². The number of rotatable bonds is 2. The molecule has 0 radical (unpaired) electrons. The molecule has 0 saturated carbocycles. The monoisotopic (exact) mass is 188 g/mol. The van der Waals surface area contributed by atoms with E-state index in [4.69, 9.17) is 5.11 Å². The minimum absolute atomic E-state index is 0.353. The van der Waals surface area contributed by atoms with Gasteiger partial charge in [-0.05, 0) is 49.8 Å². The average Bonchev–Trinajstić information content (AvgIpc) is 2.23. The predicted octanol–water partition coefficient (Wildman–Crippen LogP) is 3.44. The molecular formula is C13H16O. The second-order valence-corrected chi connectivity index (χ2v) is 3.95. The third-order valence-corrected chi connectivity index (χ3v) is 2.75. The van der Waals surface area contributed by atoms with Crippen LogP contribution in [0, 0.1) is 0 Å². The zero-order valence-corrected chi connectivity index (χ0v) is 8.37. The van der Waals surface area contributed by atoms with Gasteiger partial charge in [0.1, 0.15) is 5.75 Å². The standard InChI is InChI=1S/C13H16O/c14-13-8-6-12(7-9-13)10-11-4-2-1-3-5-11/h4,6-9,14H,1-3,5,10H2. The van der Waals surface area contributed by atoms with Gasteiger partial charge in [-0.25, -0.2) is 0 Å². The van der Waals surface area contributed by atoms with Crippen molar-refractivity contribution in [2.45, 2.75) is 32.1 Å². The van der Waals surface area contributed by atoms with Crippen LogP contribution in [0.5, 0.6) is 5.75 Å². The zero-order valence-electron chi connectivity index (χ0n) is 8.37. The van der Waals surface area contributed by atoms with E-state index in [9.17, 15) is 0 Å². The molecule has 0 bridgehead atoms. The van der Waals surface area contributed by atoms with Crippen molar-refractivity contribution in [3.8, 4) is 5.75 Å². The van der Waals surface area contributed by atoms with Crippen molar-refractivity contribution in [3.63, 3.8) is 0 Å². The molecule has 0 aliphatic heterocycles. The van der Waals surface area contributed by atoms with Crippen LogP contribution >= 0.6 is 0 Å². The van der Waals surface area contributed by atoms with Crippen LogP contribution in [0.1, 0.15) is 31.2 Å². The summed E-state index contributed by atoms with van der Waals surface area (Å²) in [5.41, 5.74) is 2.86. The fraction of sp³-hybridized carbons (Fsp3) is 0.385. The maximum Gasteiger partial charge on any atom is 0.115 e. The topological polar surface area (TPSA) is 20.2 Å². The number of aromatic hydroxyl groups is 1. The summed E-state index contributed by atoms with van der Waals surface area (Å²) < 4.78 is 0. The van der Waals surface area contributed by atoms with Gasteiger partial charge in [0.05, 0.1) is 0 Å². The van der Waals surface area contributed by atoms with Crippen LogP contribution in [0.3, 0.4) is 0 Å². The first-order valence-corrected chi connectivity index (χ1v) is 5.30. The summed E-state index contributed by atoms with van der Waals surface area (Å²) in [7, 11) is 0. The van der Waals surface area contributed by atoms with Gasteiger partial charge in [0, 0.05) is 0 Å². The Kier molecular flexibility index (Phi) is 2.87. The van der Waals surface area contributed by atoms with Crippen molar-refractivity contribution in [2.75, 3.05) is 0 Å². The summed E-state index contributed by atoms with van der Waals surface area (Å²) in [4.78, 5) is 0. The van der Waals surface area contributed by atoms with E-state index in [0.717, 1.165) is 6.42 Å². The third-order valence-electron chi connectivity index (χ3n) is 2.75. The summed E-state index contributed by atoms with van der Waals surface area (Å²) in [5, 5.41) is 9.15. The van der Waals surface area contributed by atoms with Crippen LogP contribution in [-0.4, -0.2) is 5.11 Å². The number of hydrogen-bond acceptors (Lipinski definition) is 1. The van der Waals surface area contributed by atoms with E-state index in [-0.39, 0.29) is 0 Å². The van der Waals surface area contributed by atoms with Gasteiger partial charge in [0.25, 0.3) is 0 Å². The first-order valence-electron chi connectivity index (χ1n) is 5.30. The Bertz CT molecular complexity index is 322. The molecule has 1 aromatic carbocycles. The van der Waals surface area contributed by atoms with Crippen LogP contribution < -0.4 is 0 Å². The number of phenolic OH excluding ortho intramolecular Hbond substituents is 1. The Morgan fingerprint density at radius 2 is 1.86 bits per heavy atom. The van der Waals surface area contributed by atoms with Gasteiger partial charge < -0.3 is 5.11 Å². The molecule has 1 nitrogen and oxygen atoms in total. The van der Waals surface area contributed by atoms with E-state index in [1.165, 1.54) is 31.2 Å². The zero-order chi connectivity index (χ0) is 9.80. The van der Waals surface area contributed by atoms with Gasteiger partial charge in [-0.15, -0.1) is 0 Å². The van der Waals surface area contributed by atoms with Gasteiger partial charge in [-0.3, -0.25) is 0 Å². The Morgan fingerprint density at radius 1 is 1.07 bits per heavy atom. The van der Waals surface area contributed by atoms with Crippen molar-refractivity contribution >= 4 is 0 Å². The number of allylic oxidation sites excluding steroid dienone is 2. The molecule has 2 rings (SSSR count). The molecular weight excluding hydrogens is 172 g/mol. The van der Waals surface area contributed by atoms with Crippen molar-refractivity contribution in [3.05, 3.63) is 41.5 Å². The Balaban J connectivity index is 2.03. The summed E-state index contributed by atoms with van der Waals surface area (Å²) in [6.45, 7) is 0. The summed E-state index contributed by atoms with van der Waals surface area (Å²) in [5.74, 6) is 0.353. The number of hydrogen-bond donors (Lipinski definition) is 1. The van der Waals surface area contributed by atoms with Gasteiger partial charge in [0.15, 0.2) is 0 Å². The van der Waals surface area contributed by atoms with E-state index >= 15 is 0 Å². The molecule has 1 aliphatic rings. The van der Waals surface area contributed by atoms with Crippen molar-refractivity contribution < 1.29 is 5.11 Å². The van der Waals surface area contributed by atoms with E-state index in [2.05, 4.69) is 6.08 Å². The third kappa shape index (κ3) is 2.38. The first kappa shape index (κ1) is 9.32. The van der Waals surface area contributed by atoms with Crippen LogP contribution in [0.25, 0.3) is 0 Å². The second kappa shape index (κ2) is 4.32. The summed E-state index contributed by atoms with van der Waals surface area (Å²) in [6.07, 6.45) is 8.61. The molecule has 0 heterocycles. The lowest BCUT2D eigenvalue weighted by atomic mass is 9.94. The largest absolute Gasteiger partial charge is 0.508 e. The maximum atomic E-state index is 9.15. The SMILES string of the molecule is Oc1ccc(CC2=CCCCC2)cc1. The molecule has 0 atom stereocenters. The lowest BCUT2D eigenvalue weighted by Gasteiger charge is -2.12. The Labute approximate surface area is 85.1 Å². The average molecular weight is 188 g/mol. The predicted molar refractivity (Wildman–Crippen MR) is 58.4 cm³/mol. The summed E-state index contributed by atoms with van der Waals surface area (Å²) in [6, 6.07) is 7.53. The fourth-order valence-electron chi connectivity index (χ4n) is 1.94. The molecule has 0 unspecified atom stereocenters. The highest BCUT2D eigenvalue weighted by Gasteiger charge is 2.04. The minimum Gasteiger partial charge on any atom is -0.508 e. The summed E-state index contributed by atoms with van der Waals surface area (Å²) >= 11 is 0. The molecule has 1 aliphatic carbocycles. The Morgan fingerprint density at radius 3 is 2.50 bits per heavy atom. The van der Waals surface area contributed by atoms with Crippen LogP contribution in [0.15, 0.2) is 35.9 Å². The van der Waals surface area contributed by atoms with Crippen LogP contribution in [0.4, 0.5) is 0 Å². The minimum atomic E-state index is 0.353. The van der Waals surface area contributed by atoms with Crippen LogP contribution in [0.2, 0.25) is 0 Å². The first-order chi connectivity index (χ1) is 6.84. The van der Waals surface area contributed by atoms with E-state index in [0.29, 0.717) is 5.75 Å². The van der Waals surface area contributed by atoms with E-state index in [1.54, 1.807) is 17.7 Å². The van der Waals surface area contributed by atoms with Gasteiger partial charge >= 0.3 is 0 Å². The fourth-order valence-corrected chi connectivity index (χ4v) is 1.94. The van der Waals surface area contributed by atoms with Crippen LogP contribution in [-0.2, 0) is 6.42 Å². The molecule has 1 N–H and O–H groups in total. The molecule has 0 saturated heterocycles. The van der Waals surface area contributed by atoms with E-state index in [1.807, 2.05) is 12.1 Å². The molecule has 74 valence electrons. The molecule has 0 spiro atoms. The van der Waals surface area contributed by atoms with Gasteiger partial charge in [-0.1, -0.05) is 23.8 Å². The van der Waals surface area contributed by atoms with E-state index < -0.39 is 0 Å².